The van der Waals surface area contributed by atoms with E-state index in [1.807, 2.05) is 0 Å². The highest BCUT2D eigenvalue weighted by Gasteiger charge is 2.08. The summed E-state index contributed by atoms with van der Waals surface area (Å²) in [7, 11) is 0. The van der Waals surface area contributed by atoms with Gasteiger partial charge in [-0.25, -0.2) is 4.98 Å². The molecule has 0 aromatic carbocycles. The van der Waals surface area contributed by atoms with E-state index in [2.05, 4.69) is 25.7 Å². The smallest absolute Gasteiger partial charge is 0.263 e. The van der Waals surface area contributed by atoms with Crippen molar-refractivity contribution in [2.24, 2.45) is 20.7 Å². The van der Waals surface area contributed by atoms with Gasteiger partial charge < -0.3 is 0 Å². The Morgan fingerprint density at radius 2 is 2.00 bits per heavy atom. The van der Waals surface area contributed by atoms with Crippen molar-refractivity contribution in [1.82, 2.24) is 9.55 Å². The summed E-state index contributed by atoms with van der Waals surface area (Å²) in [6.07, 6.45) is 4.70. The van der Waals surface area contributed by atoms with Gasteiger partial charge in [0.15, 0.2) is 0 Å². The zero-order valence-electron chi connectivity index (χ0n) is 4.99. The van der Waals surface area contributed by atoms with Gasteiger partial charge in [0, 0.05) is 12.4 Å². The first kappa shape index (κ1) is 5.21. The second-order valence-electron chi connectivity index (χ2n) is 1.77. The largest absolute Gasteiger partial charge is 0.293 e. The van der Waals surface area contributed by atoms with Gasteiger partial charge in [0.25, 0.3) is 6.29 Å². The third-order valence-electron chi connectivity index (χ3n) is 1.14. The van der Waals surface area contributed by atoms with Crippen LogP contribution in [0.4, 0.5) is 0 Å². The van der Waals surface area contributed by atoms with Crippen molar-refractivity contribution < 1.29 is 0 Å². The molecule has 1 aromatic heterocycles. The normalized spacial score (nSPS) is 16.8. The minimum absolute atomic E-state index is 0.331. The monoisotopic (exact) mass is 136 g/mol. The first-order valence-corrected chi connectivity index (χ1v) is 2.74. The fourth-order valence-electron chi connectivity index (χ4n) is 0.687. The van der Waals surface area contributed by atoms with Crippen LogP contribution in [-0.4, -0.2) is 9.55 Å². The summed E-state index contributed by atoms with van der Waals surface area (Å²) in [5.74, 6) is 0. The van der Waals surface area contributed by atoms with E-state index in [-0.39, 0.29) is 6.29 Å². The fraction of sp³-hybridized carbons (Fsp3) is 0.250. The number of hydrogen-bond acceptors (Lipinski definition) is 5. The molecular formula is C4H4N6. The summed E-state index contributed by atoms with van der Waals surface area (Å²) >= 11 is 0. The zero-order valence-corrected chi connectivity index (χ0v) is 4.99. The molecule has 0 amide bonds. The molecular weight excluding hydrogens is 132 g/mol. The van der Waals surface area contributed by atoms with E-state index in [0.29, 0.717) is 0 Å². The Morgan fingerprint density at radius 3 is 2.60 bits per heavy atom. The Balaban J connectivity index is 2.29. The Bertz CT molecular complexity index is 247. The molecule has 1 aliphatic heterocycles. The summed E-state index contributed by atoms with van der Waals surface area (Å²) in [5, 5.41) is 14.1. The van der Waals surface area contributed by atoms with E-state index in [4.69, 9.17) is 0 Å². The first-order valence-electron chi connectivity index (χ1n) is 2.74. The lowest BCUT2D eigenvalue weighted by atomic mass is 10.8. The van der Waals surface area contributed by atoms with Crippen molar-refractivity contribution in [2.75, 3.05) is 0 Å². The van der Waals surface area contributed by atoms with Crippen molar-refractivity contribution in [1.29, 1.82) is 0 Å². The van der Waals surface area contributed by atoms with Gasteiger partial charge in [-0.2, -0.15) is 0 Å². The van der Waals surface area contributed by atoms with Crippen LogP contribution in [0.2, 0.25) is 0 Å². The van der Waals surface area contributed by atoms with Gasteiger partial charge >= 0.3 is 0 Å². The van der Waals surface area contributed by atoms with E-state index in [1.165, 1.54) is 0 Å². The minimum atomic E-state index is -0.331. The maximum atomic E-state index is 3.83. The van der Waals surface area contributed by atoms with Gasteiger partial charge in [-0.3, -0.25) is 4.57 Å². The fourth-order valence-corrected chi connectivity index (χ4v) is 0.687. The zero-order chi connectivity index (χ0) is 6.81. The van der Waals surface area contributed by atoms with Crippen LogP contribution in [0.25, 0.3) is 0 Å². The molecule has 2 rings (SSSR count). The molecule has 1 aromatic rings. The summed E-state index contributed by atoms with van der Waals surface area (Å²) in [6.45, 7) is 0. The van der Waals surface area contributed by atoms with E-state index < -0.39 is 0 Å². The van der Waals surface area contributed by atoms with Gasteiger partial charge in [0.1, 0.15) is 0 Å². The summed E-state index contributed by atoms with van der Waals surface area (Å²) in [5.41, 5.74) is 0. The van der Waals surface area contributed by atoms with Crippen molar-refractivity contribution in [3.05, 3.63) is 18.7 Å². The average molecular weight is 136 g/mol. The van der Waals surface area contributed by atoms with Gasteiger partial charge in [-0.15, -0.1) is 10.2 Å². The van der Waals surface area contributed by atoms with Crippen LogP contribution in [0.3, 0.4) is 0 Å². The highest BCUT2D eigenvalue weighted by Crippen LogP contribution is 2.15. The SMILES string of the molecule is c1cn(C2N=NN=N2)cn1. The van der Waals surface area contributed by atoms with Crippen LogP contribution in [0.1, 0.15) is 6.29 Å². The quantitative estimate of drug-likeness (QED) is 0.571. The van der Waals surface area contributed by atoms with Gasteiger partial charge in [0.05, 0.1) is 6.33 Å². The molecule has 0 N–H and O–H groups in total. The minimum Gasteiger partial charge on any atom is -0.293 e. The lowest BCUT2D eigenvalue weighted by Gasteiger charge is -1.98. The van der Waals surface area contributed by atoms with Crippen molar-refractivity contribution in [2.45, 2.75) is 6.29 Å². The predicted octanol–water partition coefficient (Wildman–Crippen LogP) is 1.17. The number of rotatable bonds is 1. The Hall–Kier alpha value is -1.59. The topological polar surface area (TPSA) is 67.3 Å². The molecule has 0 saturated heterocycles. The molecule has 0 radical (unpaired) electrons. The molecule has 0 saturated carbocycles. The molecule has 1 aliphatic rings. The molecule has 6 nitrogen and oxygen atoms in total. The molecule has 0 spiro atoms. The lowest BCUT2D eigenvalue weighted by molar-refractivity contribution is 0.541. The molecule has 0 bridgehead atoms. The first-order chi connectivity index (χ1) is 4.97. The maximum Gasteiger partial charge on any atom is 0.263 e. The van der Waals surface area contributed by atoms with Crippen molar-refractivity contribution >= 4 is 0 Å². The molecule has 0 atom stereocenters. The number of nitrogens with zero attached hydrogens (tertiary/aromatic N) is 6. The average Bonchev–Trinajstić information content (AvgIpc) is 2.59. The Kier molecular flexibility index (Phi) is 1.03. The molecule has 10 heavy (non-hydrogen) atoms. The van der Waals surface area contributed by atoms with Gasteiger partial charge in [-0.05, 0) is 10.4 Å². The van der Waals surface area contributed by atoms with Crippen LogP contribution >= 0.6 is 0 Å². The Labute approximate surface area is 56.3 Å². The van der Waals surface area contributed by atoms with E-state index >= 15 is 0 Å². The van der Waals surface area contributed by atoms with Crippen LogP contribution in [0.5, 0.6) is 0 Å². The molecule has 0 fully saturated rings. The van der Waals surface area contributed by atoms with Crippen LogP contribution in [0.15, 0.2) is 39.4 Å². The summed E-state index contributed by atoms with van der Waals surface area (Å²) < 4.78 is 1.71. The summed E-state index contributed by atoms with van der Waals surface area (Å²) in [6, 6.07) is 0. The number of aromatic nitrogens is 2. The van der Waals surface area contributed by atoms with Crippen LogP contribution in [-0.2, 0) is 0 Å². The second kappa shape index (κ2) is 1.98. The lowest BCUT2D eigenvalue weighted by Crippen LogP contribution is -1.96. The third-order valence-corrected chi connectivity index (χ3v) is 1.14. The van der Waals surface area contributed by atoms with Crippen molar-refractivity contribution in [3.63, 3.8) is 0 Å². The molecule has 2 heterocycles. The molecule has 0 unspecified atom stereocenters. The maximum absolute atomic E-state index is 3.83. The van der Waals surface area contributed by atoms with E-state index in [0.717, 1.165) is 0 Å². The van der Waals surface area contributed by atoms with Crippen molar-refractivity contribution in [3.8, 4) is 0 Å². The highest BCUT2D eigenvalue weighted by molar-refractivity contribution is 4.78. The van der Waals surface area contributed by atoms with Gasteiger partial charge in [-0.1, -0.05) is 0 Å². The van der Waals surface area contributed by atoms with Gasteiger partial charge in [0.2, 0.25) is 0 Å². The standard InChI is InChI=1S/C4H4N6/c1-2-10(3-5-1)4-6-8-9-7-4/h1-4H. The molecule has 6 heteroatoms. The van der Waals surface area contributed by atoms with Crippen LogP contribution in [0, 0.1) is 0 Å². The highest BCUT2D eigenvalue weighted by atomic mass is 15.6. The third kappa shape index (κ3) is 0.697. The number of imidazole rings is 1. The Morgan fingerprint density at radius 1 is 1.20 bits per heavy atom. The summed E-state index contributed by atoms with van der Waals surface area (Å²) in [4.78, 5) is 3.83. The second-order valence-corrected chi connectivity index (χ2v) is 1.77. The predicted molar refractivity (Wildman–Crippen MR) is 31.0 cm³/mol. The number of hydrogen-bond donors (Lipinski definition) is 0. The molecule has 50 valence electrons. The van der Waals surface area contributed by atoms with E-state index in [9.17, 15) is 0 Å². The molecule has 0 aliphatic carbocycles. The van der Waals surface area contributed by atoms with E-state index in [1.54, 1.807) is 23.3 Å². The van der Waals surface area contributed by atoms with Crippen LogP contribution < -0.4 is 0 Å².